The fourth-order valence-corrected chi connectivity index (χ4v) is 2.25. The zero-order valence-corrected chi connectivity index (χ0v) is 15.1. The zero-order valence-electron chi connectivity index (χ0n) is 13.5. The lowest BCUT2D eigenvalue weighted by Crippen LogP contribution is -2.27. The van der Waals surface area contributed by atoms with Crippen molar-refractivity contribution < 1.29 is 4.79 Å². The van der Waals surface area contributed by atoms with Crippen molar-refractivity contribution in [2.75, 3.05) is 30.7 Å². The van der Waals surface area contributed by atoms with Crippen LogP contribution in [0.1, 0.15) is 39.5 Å². The highest BCUT2D eigenvalue weighted by atomic mass is 35.5. The molecular formula is C16H29Cl2N3O. The first-order valence-electron chi connectivity index (χ1n) is 7.54. The van der Waals surface area contributed by atoms with Crippen LogP contribution < -0.4 is 11.1 Å². The van der Waals surface area contributed by atoms with Gasteiger partial charge in [-0.1, -0.05) is 26.0 Å². The van der Waals surface area contributed by atoms with E-state index in [2.05, 4.69) is 24.1 Å². The lowest BCUT2D eigenvalue weighted by molar-refractivity contribution is -0.116. The summed E-state index contributed by atoms with van der Waals surface area (Å²) in [4.78, 5) is 14.3. The minimum Gasteiger partial charge on any atom is -0.397 e. The van der Waals surface area contributed by atoms with E-state index in [0.29, 0.717) is 17.8 Å². The Morgan fingerprint density at radius 1 is 1.09 bits per heavy atom. The lowest BCUT2D eigenvalue weighted by Gasteiger charge is -2.20. The minimum absolute atomic E-state index is 0. The molecule has 0 unspecified atom stereocenters. The number of hydrogen-bond donors (Lipinski definition) is 2. The summed E-state index contributed by atoms with van der Waals surface area (Å²) >= 11 is 0. The van der Waals surface area contributed by atoms with Crippen LogP contribution in [0.3, 0.4) is 0 Å². The van der Waals surface area contributed by atoms with Crippen LogP contribution in [0, 0.1) is 0 Å². The fraction of sp³-hybridized carbons (Fsp3) is 0.562. The van der Waals surface area contributed by atoms with Crippen molar-refractivity contribution in [1.82, 2.24) is 4.90 Å². The number of para-hydroxylation sites is 2. The highest BCUT2D eigenvalue weighted by Gasteiger charge is 2.07. The van der Waals surface area contributed by atoms with E-state index in [0.717, 1.165) is 38.9 Å². The summed E-state index contributed by atoms with van der Waals surface area (Å²) in [5, 5.41) is 2.87. The first-order chi connectivity index (χ1) is 9.67. The van der Waals surface area contributed by atoms with Crippen LogP contribution >= 0.6 is 24.8 Å². The van der Waals surface area contributed by atoms with E-state index >= 15 is 0 Å². The molecule has 1 amide bonds. The summed E-state index contributed by atoms with van der Waals surface area (Å²) < 4.78 is 0. The maximum Gasteiger partial charge on any atom is 0.224 e. The van der Waals surface area contributed by atoms with Gasteiger partial charge in [-0.05, 0) is 51.0 Å². The second-order valence-electron chi connectivity index (χ2n) is 5.08. The van der Waals surface area contributed by atoms with Crippen molar-refractivity contribution in [2.45, 2.75) is 39.5 Å². The van der Waals surface area contributed by atoms with Crippen LogP contribution in [0.15, 0.2) is 24.3 Å². The molecule has 3 N–H and O–H groups in total. The Labute approximate surface area is 146 Å². The van der Waals surface area contributed by atoms with Gasteiger partial charge in [0.2, 0.25) is 5.91 Å². The van der Waals surface area contributed by atoms with Gasteiger partial charge in [0.1, 0.15) is 0 Å². The minimum atomic E-state index is 0. The molecule has 0 aromatic heterocycles. The second-order valence-corrected chi connectivity index (χ2v) is 5.08. The Bertz CT molecular complexity index is 410. The predicted octanol–water partition coefficient (Wildman–Crippen LogP) is 3.95. The van der Waals surface area contributed by atoms with Crippen LogP contribution in [0.2, 0.25) is 0 Å². The first-order valence-corrected chi connectivity index (χ1v) is 7.54. The van der Waals surface area contributed by atoms with Gasteiger partial charge in [0.25, 0.3) is 0 Å². The molecule has 0 spiro atoms. The van der Waals surface area contributed by atoms with Gasteiger partial charge >= 0.3 is 0 Å². The van der Waals surface area contributed by atoms with Crippen molar-refractivity contribution in [3.63, 3.8) is 0 Å². The van der Waals surface area contributed by atoms with Crippen molar-refractivity contribution >= 4 is 42.1 Å². The maximum atomic E-state index is 11.9. The molecule has 22 heavy (non-hydrogen) atoms. The molecule has 1 aromatic rings. The van der Waals surface area contributed by atoms with E-state index in [9.17, 15) is 4.79 Å². The number of hydrogen-bond acceptors (Lipinski definition) is 3. The smallest absolute Gasteiger partial charge is 0.224 e. The number of carbonyl (C=O) groups is 1. The van der Waals surface area contributed by atoms with Crippen LogP contribution in [0.4, 0.5) is 11.4 Å². The van der Waals surface area contributed by atoms with Gasteiger partial charge in [-0.3, -0.25) is 4.79 Å². The van der Waals surface area contributed by atoms with E-state index in [1.807, 2.05) is 18.2 Å². The molecule has 128 valence electrons. The monoisotopic (exact) mass is 349 g/mol. The first kappa shape index (κ1) is 23.3. The molecule has 0 fully saturated rings. The van der Waals surface area contributed by atoms with E-state index in [1.165, 1.54) is 0 Å². The number of nitrogen functional groups attached to an aromatic ring is 1. The molecule has 1 aromatic carbocycles. The van der Waals surface area contributed by atoms with Gasteiger partial charge in [-0.2, -0.15) is 0 Å². The zero-order chi connectivity index (χ0) is 14.8. The number of rotatable bonds is 9. The van der Waals surface area contributed by atoms with E-state index in [1.54, 1.807) is 6.07 Å². The van der Waals surface area contributed by atoms with Crippen molar-refractivity contribution in [3.8, 4) is 0 Å². The molecule has 0 atom stereocenters. The molecule has 6 heteroatoms. The third-order valence-corrected chi connectivity index (χ3v) is 3.19. The number of nitrogens with two attached hydrogens (primary N) is 1. The van der Waals surface area contributed by atoms with Crippen LogP contribution in [0.25, 0.3) is 0 Å². The molecular weight excluding hydrogens is 321 g/mol. The van der Waals surface area contributed by atoms with E-state index in [-0.39, 0.29) is 30.7 Å². The Morgan fingerprint density at radius 2 is 1.68 bits per heavy atom. The summed E-state index contributed by atoms with van der Waals surface area (Å²) in [6, 6.07) is 7.35. The van der Waals surface area contributed by atoms with Crippen LogP contribution in [-0.4, -0.2) is 30.4 Å². The van der Waals surface area contributed by atoms with E-state index in [4.69, 9.17) is 5.73 Å². The topological polar surface area (TPSA) is 58.4 Å². The summed E-state index contributed by atoms with van der Waals surface area (Å²) in [5.41, 5.74) is 7.12. The number of nitrogens with one attached hydrogen (secondary N) is 1. The predicted molar refractivity (Wildman–Crippen MR) is 100 cm³/mol. The third kappa shape index (κ3) is 9.13. The molecule has 0 aliphatic rings. The molecule has 0 radical (unpaired) electrons. The van der Waals surface area contributed by atoms with Gasteiger partial charge in [-0.15, -0.1) is 24.8 Å². The Morgan fingerprint density at radius 3 is 2.23 bits per heavy atom. The van der Waals surface area contributed by atoms with Gasteiger partial charge < -0.3 is 16.0 Å². The Kier molecular flexibility index (Phi) is 14.5. The molecule has 0 heterocycles. The molecule has 4 nitrogen and oxygen atoms in total. The SMILES string of the molecule is CCCN(CCC)CCCC(=O)Nc1ccccc1N.Cl.Cl. The third-order valence-electron chi connectivity index (χ3n) is 3.19. The van der Waals surface area contributed by atoms with Crippen molar-refractivity contribution in [1.29, 1.82) is 0 Å². The standard InChI is InChI=1S/C16H27N3O.2ClH/c1-3-11-19(12-4-2)13-7-10-16(20)18-15-9-6-5-8-14(15)17;;/h5-6,8-9H,3-4,7,10-13,17H2,1-2H3,(H,18,20);2*1H. The molecule has 0 saturated carbocycles. The van der Waals surface area contributed by atoms with Gasteiger partial charge in [-0.25, -0.2) is 0 Å². The number of nitrogens with zero attached hydrogens (tertiary/aromatic N) is 1. The summed E-state index contributed by atoms with van der Waals surface area (Å²) in [6.07, 6.45) is 3.75. The maximum absolute atomic E-state index is 11.9. The number of amides is 1. The highest BCUT2D eigenvalue weighted by molar-refractivity contribution is 5.93. The molecule has 0 bridgehead atoms. The normalized spacial score (nSPS) is 9.77. The average molecular weight is 350 g/mol. The van der Waals surface area contributed by atoms with E-state index < -0.39 is 0 Å². The average Bonchev–Trinajstić information content (AvgIpc) is 2.42. The molecule has 1 rings (SSSR count). The summed E-state index contributed by atoms with van der Waals surface area (Å²) in [7, 11) is 0. The summed E-state index contributed by atoms with van der Waals surface area (Å²) in [6.45, 7) is 7.59. The van der Waals surface area contributed by atoms with Gasteiger partial charge in [0, 0.05) is 6.42 Å². The lowest BCUT2D eigenvalue weighted by atomic mass is 10.2. The van der Waals surface area contributed by atoms with Crippen LogP contribution in [-0.2, 0) is 4.79 Å². The van der Waals surface area contributed by atoms with Crippen molar-refractivity contribution in [3.05, 3.63) is 24.3 Å². The number of benzene rings is 1. The quantitative estimate of drug-likeness (QED) is 0.663. The van der Waals surface area contributed by atoms with Gasteiger partial charge in [0.15, 0.2) is 0 Å². The Balaban J connectivity index is 0. The second kappa shape index (κ2) is 13.7. The number of carbonyl (C=O) groups excluding carboxylic acids is 1. The molecule has 0 aliphatic heterocycles. The van der Waals surface area contributed by atoms with Crippen LogP contribution in [0.5, 0.6) is 0 Å². The highest BCUT2D eigenvalue weighted by Crippen LogP contribution is 2.16. The molecule has 0 saturated heterocycles. The molecule has 0 aliphatic carbocycles. The number of halogens is 2. The Hall–Kier alpha value is -0.970. The largest absolute Gasteiger partial charge is 0.397 e. The fourth-order valence-electron chi connectivity index (χ4n) is 2.25. The van der Waals surface area contributed by atoms with Gasteiger partial charge in [0.05, 0.1) is 11.4 Å². The summed E-state index contributed by atoms with van der Waals surface area (Å²) in [5.74, 6) is 0.0378. The number of anilines is 2. The van der Waals surface area contributed by atoms with Crippen molar-refractivity contribution in [2.24, 2.45) is 0 Å².